The molecule has 0 aliphatic carbocycles. The van der Waals surface area contributed by atoms with Gasteiger partial charge >= 0.3 is 0 Å². The Labute approximate surface area is 133 Å². The molecule has 0 aromatic heterocycles. The fourth-order valence-electron chi connectivity index (χ4n) is 2.88. The molecule has 1 amide bonds. The lowest BCUT2D eigenvalue weighted by molar-refractivity contribution is -0.120. The Morgan fingerprint density at radius 3 is 2.71 bits per heavy atom. The average Bonchev–Trinajstić information content (AvgIpc) is 2.42. The first-order chi connectivity index (χ1) is 9.52. The summed E-state index contributed by atoms with van der Waals surface area (Å²) in [6, 6.07) is 4.34. The Bertz CT molecular complexity index is 505. The third-order valence-electron chi connectivity index (χ3n) is 4.06. The third-order valence-corrected chi connectivity index (χ3v) is 4.06. The molecule has 1 aromatic carbocycles. The van der Waals surface area contributed by atoms with E-state index in [0.29, 0.717) is 6.04 Å². The number of carbonyl (C=O) groups is 1. The van der Waals surface area contributed by atoms with E-state index in [9.17, 15) is 4.79 Å². The molecule has 2 atom stereocenters. The van der Waals surface area contributed by atoms with Crippen LogP contribution in [0.1, 0.15) is 30.9 Å². The van der Waals surface area contributed by atoms with Crippen LogP contribution in [0.5, 0.6) is 5.75 Å². The van der Waals surface area contributed by atoms with Crippen molar-refractivity contribution in [2.75, 3.05) is 19.0 Å². The number of methoxy groups -OCH3 is 1. The standard InChI is InChI=1S/C16H24N2O2.ClH/c1-10-5-6-14(12(3)15(10)20-4)18-16(19)13-7-8-17-11(2)9-13;/h5-6,11,13,17H,7-9H2,1-4H3,(H,18,19);1H/t11-,13-;/m0./s1. The van der Waals surface area contributed by atoms with Gasteiger partial charge in [-0.15, -0.1) is 12.4 Å². The lowest BCUT2D eigenvalue weighted by atomic mass is 9.92. The second-order valence-electron chi connectivity index (χ2n) is 5.65. The van der Waals surface area contributed by atoms with Crippen molar-refractivity contribution in [1.29, 1.82) is 0 Å². The van der Waals surface area contributed by atoms with E-state index in [0.717, 1.165) is 42.0 Å². The smallest absolute Gasteiger partial charge is 0.227 e. The average molecular weight is 313 g/mol. The highest BCUT2D eigenvalue weighted by molar-refractivity contribution is 5.93. The normalized spacial score (nSPS) is 21.3. The number of hydrogen-bond acceptors (Lipinski definition) is 3. The largest absolute Gasteiger partial charge is 0.496 e. The number of rotatable bonds is 3. The van der Waals surface area contributed by atoms with E-state index >= 15 is 0 Å². The number of nitrogens with one attached hydrogen (secondary N) is 2. The maximum absolute atomic E-state index is 12.4. The van der Waals surface area contributed by atoms with Crippen LogP contribution in [0.25, 0.3) is 0 Å². The van der Waals surface area contributed by atoms with Crippen LogP contribution in [0.4, 0.5) is 5.69 Å². The van der Waals surface area contributed by atoms with Crippen LogP contribution >= 0.6 is 12.4 Å². The van der Waals surface area contributed by atoms with Crippen molar-refractivity contribution in [1.82, 2.24) is 5.32 Å². The molecule has 1 fully saturated rings. The zero-order chi connectivity index (χ0) is 14.7. The van der Waals surface area contributed by atoms with Crippen LogP contribution in [-0.2, 0) is 4.79 Å². The SMILES string of the molecule is COc1c(C)ccc(NC(=O)[C@H]2CCN[C@@H](C)C2)c1C.Cl. The number of benzene rings is 1. The van der Waals surface area contributed by atoms with E-state index in [-0.39, 0.29) is 24.2 Å². The molecule has 4 nitrogen and oxygen atoms in total. The van der Waals surface area contributed by atoms with E-state index in [2.05, 4.69) is 17.6 Å². The van der Waals surface area contributed by atoms with Crippen LogP contribution < -0.4 is 15.4 Å². The van der Waals surface area contributed by atoms with Gasteiger partial charge < -0.3 is 15.4 Å². The monoisotopic (exact) mass is 312 g/mol. The fraction of sp³-hybridized carbons (Fsp3) is 0.562. The fourth-order valence-corrected chi connectivity index (χ4v) is 2.88. The van der Waals surface area contributed by atoms with Gasteiger partial charge in [-0.2, -0.15) is 0 Å². The van der Waals surface area contributed by atoms with Gasteiger partial charge in [0.2, 0.25) is 5.91 Å². The summed E-state index contributed by atoms with van der Waals surface area (Å²) in [5.74, 6) is 1.06. The zero-order valence-corrected chi connectivity index (χ0v) is 14.0. The molecule has 1 saturated heterocycles. The molecule has 0 saturated carbocycles. The number of aryl methyl sites for hydroxylation is 1. The Hall–Kier alpha value is -1.26. The third kappa shape index (κ3) is 4.11. The molecular weight excluding hydrogens is 288 g/mol. The van der Waals surface area contributed by atoms with Crippen LogP contribution in [0.3, 0.4) is 0 Å². The van der Waals surface area contributed by atoms with Crippen LogP contribution in [0.2, 0.25) is 0 Å². The van der Waals surface area contributed by atoms with E-state index in [1.807, 2.05) is 26.0 Å². The summed E-state index contributed by atoms with van der Waals surface area (Å²) in [7, 11) is 1.66. The van der Waals surface area contributed by atoms with E-state index in [4.69, 9.17) is 4.74 Å². The minimum absolute atomic E-state index is 0. The highest BCUT2D eigenvalue weighted by Crippen LogP contribution is 2.30. The second-order valence-corrected chi connectivity index (χ2v) is 5.65. The van der Waals surface area contributed by atoms with Gasteiger partial charge in [0.25, 0.3) is 0 Å². The molecule has 1 aliphatic rings. The molecule has 2 N–H and O–H groups in total. The molecular formula is C16H25ClN2O2. The summed E-state index contributed by atoms with van der Waals surface area (Å²) < 4.78 is 5.40. The Morgan fingerprint density at radius 1 is 1.38 bits per heavy atom. The van der Waals surface area contributed by atoms with Crippen molar-refractivity contribution in [2.45, 2.75) is 39.7 Å². The number of halogens is 1. The first kappa shape index (κ1) is 17.8. The Balaban J connectivity index is 0.00000220. The second kappa shape index (κ2) is 7.66. The maximum atomic E-state index is 12.4. The highest BCUT2D eigenvalue weighted by Gasteiger charge is 2.25. The number of amides is 1. The van der Waals surface area contributed by atoms with E-state index in [1.165, 1.54) is 0 Å². The number of anilines is 1. The number of hydrogen-bond donors (Lipinski definition) is 2. The van der Waals surface area contributed by atoms with Gasteiger partial charge in [-0.25, -0.2) is 0 Å². The first-order valence-electron chi connectivity index (χ1n) is 7.21. The van der Waals surface area contributed by atoms with Crippen molar-refractivity contribution in [3.63, 3.8) is 0 Å². The molecule has 5 heteroatoms. The topological polar surface area (TPSA) is 50.4 Å². The summed E-state index contributed by atoms with van der Waals surface area (Å²) in [5.41, 5.74) is 2.92. The van der Waals surface area contributed by atoms with Crippen LogP contribution in [0, 0.1) is 19.8 Å². The molecule has 0 spiro atoms. The molecule has 21 heavy (non-hydrogen) atoms. The summed E-state index contributed by atoms with van der Waals surface area (Å²) in [4.78, 5) is 12.4. The van der Waals surface area contributed by atoms with Crippen molar-refractivity contribution < 1.29 is 9.53 Å². The van der Waals surface area contributed by atoms with Gasteiger partial charge in [-0.05, 0) is 51.8 Å². The molecule has 0 bridgehead atoms. The van der Waals surface area contributed by atoms with Gasteiger partial charge in [0.1, 0.15) is 5.75 Å². The molecule has 1 aliphatic heterocycles. The van der Waals surface area contributed by atoms with Crippen molar-refractivity contribution >= 4 is 24.0 Å². The molecule has 0 unspecified atom stereocenters. The van der Waals surface area contributed by atoms with Crippen molar-refractivity contribution in [2.24, 2.45) is 5.92 Å². The minimum Gasteiger partial charge on any atom is -0.496 e. The van der Waals surface area contributed by atoms with Crippen LogP contribution in [0.15, 0.2) is 12.1 Å². The zero-order valence-electron chi connectivity index (χ0n) is 13.2. The van der Waals surface area contributed by atoms with E-state index < -0.39 is 0 Å². The number of piperidine rings is 1. The van der Waals surface area contributed by atoms with E-state index in [1.54, 1.807) is 7.11 Å². The molecule has 0 radical (unpaired) electrons. The summed E-state index contributed by atoms with van der Waals surface area (Å²) >= 11 is 0. The lowest BCUT2D eigenvalue weighted by Crippen LogP contribution is -2.40. The lowest BCUT2D eigenvalue weighted by Gasteiger charge is -2.27. The molecule has 1 aromatic rings. The quantitative estimate of drug-likeness (QED) is 0.902. The van der Waals surface area contributed by atoms with Crippen LogP contribution in [-0.4, -0.2) is 25.6 Å². The maximum Gasteiger partial charge on any atom is 0.227 e. The number of carbonyl (C=O) groups excluding carboxylic acids is 1. The molecule has 118 valence electrons. The predicted molar refractivity (Wildman–Crippen MR) is 88.5 cm³/mol. The van der Waals surface area contributed by atoms with Crippen molar-refractivity contribution in [3.8, 4) is 5.75 Å². The first-order valence-corrected chi connectivity index (χ1v) is 7.21. The highest BCUT2D eigenvalue weighted by atomic mass is 35.5. The van der Waals surface area contributed by atoms with Gasteiger partial charge in [0.15, 0.2) is 0 Å². The van der Waals surface area contributed by atoms with Crippen molar-refractivity contribution in [3.05, 3.63) is 23.3 Å². The predicted octanol–water partition coefficient (Wildman–Crippen LogP) is 3.06. The van der Waals surface area contributed by atoms with Gasteiger partial charge in [0.05, 0.1) is 7.11 Å². The minimum atomic E-state index is 0. The van der Waals surface area contributed by atoms with Gasteiger partial charge in [-0.3, -0.25) is 4.79 Å². The number of ether oxygens (including phenoxy) is 1. The Morgan fingerprint density at radius 2 is 2.10 bits per heavy atom. The summed E-state index contributed by atoms with van der Waals surface area (Å²) in [6.07, 6.45) is 1.80. The molecule has 2 rings (SSSR count). The summed E-state index contributed by atoms with van der Waals surface area (Å²) in [5, 5.41) is 6.42. The summed E-state index contributed by atoms with van der Waals surface area (Å²) in [6.45, 7) is 7.02. The Kier molecular flexibility index (Phi) is 6.49. The van der Waals surface area contributed by atoms with Gasteiger partial charge in [0, 0.05) is 23.2 Å². The molecule has 1 heterocycles. The van der Waals surface area contributed by atoms with Gasteiger partial charge in [-0.1, -0.05) is 6.07 Å².